The molecule has 8 nitrogen and oxygen atoms in total. The second-order valence-electron chi connectivity index (χ2n) is 5.18. The first-order valence-electron chi connectivity index (χ1n) is 7.28. The SMILES string of the molecule is CCc1nc(N)sc1C(=O)N1CCN(Cc2ncn[nH]2)CC1. The molecule has 0 saturated carbocycles. The zero-order valence-corrected chi connectivity index (χ0v) is 13.3. The van der Waals surface area contributed by atoms with Crippen molar-refractivity contribution in [3.05, 3.63) is 22.7 Å². The summed E-state index contributed by atoms with van der Waals surface area (Å²) in [4.78, 5) is 25.8. The molecule has 2 aromatic heterocycles. The van der Waals surface area contributed by atoms with Gasteiger partial charge in [-0.25, -0.2) is 9.97 Å². The molecule has 1 amide bonds. The summed E-state index contributed by atoms with van der Waals surface area (Å²) >= 11 is 1.28. The fourth-order valence-electron chi connectivity index (χ4n) is 2.55. The van der Waals surface area contributed by atoms with E-state index in [-0.39, 0.29) is 5.91 Å². The number of nitrogens with one attached hydrogen (secondary N) is 1. The third-order valence-electron chi connectivity index (χ3n) is 3.74. The molecule has 0 unspecified atom stereocenters. The monoisotopic (exact) mass is 321 g/mol. The van der Waals surface area contributed by atoms with Crippen LogP contribution in [0.1, 0.15) is 28.1 Å². The van der Waals surface area contributed by atoms with Crippen LogP contribution in [0.2, 0.25) is 0 Å². The van der Waals surface area contributed by atoms with Gasteiger partial charge in [-0.05, 0) is 6.42 Å². The predicted octanol–water partition coefficient (Wildman–Crippen LogP) is 0.364. The van der Waals surface area contributed by atoms with E-state index in [1.54, 1.807) is 0 Å². The van der Waals surface area contributed by atoms with Gasteiger partial charge in [-0.3, -0.25) is 14.8 Å². The molecule has 22 heavy (non-hydrogen) atoms. The molecular weight excluding hydrogens is 302 g/mol. The molecule has 0 spiro atoms. The van der Waals surface area contributed by atoms with Crippen molar-refractivity contribution in [2.75, 3.05) is 31.9 Å². The Hall–Kier alpha value is -2.00. The van der Waals surface area contributed by atoms with Crippen LogP contribution < -0.4 is 5.73 Å². The van der Waals surface area contributed by atoms with Crippen molar-refractivity contribution in [3.8, 4) is 0 Å². The van der Waals surface area contributed by atoms with Gasteiger partial charge >= 0.3 is 0 Å². The highest BCUT2D eigenvalue weighted by molar-refractivity contribution is 7.17. The number of H-pyrrole nitrogens is 1. The smallest absolute Gasteiger partial charge is 0.266 e. The lowest BCUT2D eigenvalue weighted by molar-refractivity contribution is 0.0629. The predicted molar refractivity (Wildman–Crippen MR) is 83.5 cm³/mol. The summed E-state index contributed by atoms with van der Waals surface area (Å²) < 4.78 is 0. The lowest BCUT2D eigenvalue weighted by Gasteiger charge is -2.34. The molecular formula is C13H19N7OS. The average molecular weight is 321 g/mol. The van der Waals surface area contributed by atoms with Crippen LogP contribution in [0, 0.1) is 0 Å². The van der Waals surface area contributed by atoms with E-state index in [0.717, 1.165) is 37.6 Å². The molecule has 2 aromatic rings. The van der Waals surface area contributed by atoms with Crippen molar-refractivity contribution < 1.29 is 4.79 Å². The quantitative estimate of drug-likeness (QED) is 0.843. The van der Waals surface area contributed by atoms with Crippen molar-refractivity contribution in [2.24, 2.45) is 0 Å². The molecule has 0 radical (unpaired) electrons. The van der Waals surface area contributed by atoms with Crippen LogP contribution in [-0.2, 0) is 13.0 Å². The van der Waals surface area contributed by atoms with E-state index in [4.69, 9.17) is 5.73 Å². The van der Waals surface area contributed by atoms with E-state index in [1.165, 1.54) is 17.7 Å². The zero-order valence-electron chi connectivity index (χ0n) is 12.4. The molecule has 3 heterocycles. The second kappa shape index (κ2) is 6.41. The molecule has 9 heteroatoms. The Morgan fingerprint density at radius 3 is 2.82 bits per heavy atom. The Morgan fingerprint density at radius 2 is 2.18 bits per heavy atom. The number of amides is 1. The fourth-order valence-corrected chi connectivity index (χ4v) is 3.44. The Labute approximate surface area is 132 Å². The number of anilines is 1. The number of hydrogen-bond donors (Lipinski definition) is 2. The number of aryl methyl sites for hydroxylation is 1. The summed E-state index contributed by atoms with van der Waals surface area (Å²) in [5.41, 5.74) is 6.53. The lowest BCUT2D eigenvalue weighted by atomic mass is 10.2. The maximum absolute atomic E-state index is 12.6. The molecule has 0 bridgehead atoms. The van der Waals surface area contributed by atoms with Gasteiger partial charge in [0.05, 0.1) is 12.2 Å². The van der Waals surface area contributed by atoms with Crippen LogP contribution >= 0.6 is 11.3 Å². The van der Waals surface area contributed by atoms with E-state index in [1.807, 2.05) is 11.8 Å². The molecule has 3 rings (SSSR count). The topological polar surface area (TPSA) is 104 Å². The third kappa shape index (κ3) is 3.09. The molecule has 1 fully saturated rings. The van der Waals surface area contributed by atoms with Crippen LogP contribution in [0.3, 0.4) is 0 Å². The maximum Gasteiger partial charge on any atom is 0.266 e. The van der Waals surface area contributed by atoms with Gasteiger partial charge in [0.15, 0.2) is 5.13 Å². The van der Waals surface area contributed by atoms with Gasteiger partial charge in [-0.15, -0.1) is 0 Å². The van der Waals surface area contributed by atoms with Gasteiger partial charge in [0.25, 0.3) is 5.91 Å². The fraction of sp³-hybridized carbons (Fsp3) is 0.538. The first kappa shape index (κ1) is 14.9. The molecule has 118 valence electrons. The van der Waals surface area contributed by atoms with Gasteiger partial charge < -0.3 is 10.6 Å². The molecule has 0 aliphatic carbocycles. The van der Waals surface area contributed by atoms with E-state index in [2.05, 4.69) is 25.1 Å². The Balaban J connectivity index is 1.59. The number of nitrogens with zero attached hydrogens (tertiary/aromatic N) is 5. The number of hydrogen-bond acceptors (Lipinski definition) is 7. The van der Waals surface area contributed by atoms with Gasteiger partial charge in [0, 0.05) is 26.2 Å². The van der Waals surface area contributed by atoms with Crippen molar-refractivity contribution in [2.45, 2.75) is 19.9 Å². The number of carbonyl (C=O) groups is 1. The first-order valence-corrected chi connectivity index (χ1v) is 8.10. The second-order valence-corrected chi connectivity index (χ2v) is 6.21. The van der Waals surface area contributed by atoms with Crippen molar-refractivity contribution in [3.63, 3.8) is 0 Å². The van der Waals surface area contributed by atoms with Crippen molar-refractivity contribution in [1.82, 2.24) is 30.0 Å². The number of piperazine rings is 1. The number of aromatic nitrogens is 4. The van der Waals surface area contributed by atoms with Crippen LogP contribution in [0.4, 0.5) is 5.13 Å². The third-order valence-corrected chi connectivity index (χ3v) is 4.66. The standard InChI is InChI=1S/C13H19N7OS/c1-2-9-11(22-13(14)17-9)12(21)20-5-3-19(4-6-20)7-10-15-8-16-18-10/h8H,2-7H2,1H3,(H2,14,17)(H,15,16,18). The summed E-state index contributed by atoms with van der Waals surface area (Å²) in [6.45, 7) is 5.77. The molecule has 0 aromatic carbocycles. The van der Waals surface area contributed by atoms with Crippen LogP contribution in [0.25, 0.3) is 0 Å². The highest BCUT2D eigenvalue weighted by Gasteiger charge is 2.26. The normalized spacial score (nSPS) is 16.1. The molecule has 0 atom stereocenters. The average Bonchev–Trinajstić information content (AvgIpc) is 3.16. The first-order chi connectivity index (χ1) is 10.7. The van der Waals surface area contributed by atoms with E-state index < -0.39 is 0 Å². The highest BCUT2D eigenvalue weighted by Crippen LogP contribution is 2.23. The Kier molecular flexibility index (Phi) is 4.34. The van der Waals surface area contributed by atoms with Crippen LogP contribution in [0.5, 0.6) is 0 Å². The molecule has 1 aliphatic heterocycles. The largest absolute Gasteiger partial charge is 0.375 e. The summed E-state index contributed by atoms with van der Waals surface area (Å²) in [5.74, 6) is 0.897. The minimum absolute atomic E-state index is 0.0466. The summed E-state index contributed by atoms with van der Waals surface area (Å²) in [6.07, 6.45) is 2.23. The van der Waals surface area contributed by atoms with Crippen molar-refractivity contribution >= 4 is 22.4 Å². The highest BCUT2D eigenvalue weighted by atomic mass is 32.1. The summed E-state index contributed by atoms with van der Waals surface area (Å²) in [7, 11) is 0. The Bertz CT molecular complexity index is 631. The molecule has 1 aliphatic rings. The number of rotatable bonds is 4. The van der Waals surface area contributed by atoms with Crippen molar-refractivity contribution in [1.29, 1.82) is 0 Å². The van der Waals surface area contributed by atoms with E-state index >= 15 is 0 Å². The van der Waals surface area contributed by atoms with E-state index in [0.29, 0.717) is 23.1 Å². The van der Waals surface area contributed by atoms with Gasteiger partial charge in [-0.1, -0.05) is 18.3 Å². The summed E-state index contributed by atoms with van der Waals surface area (Å²) in [6, 6.07) is 0. The van der Waals surface area contributed by atoms with Gasteiger partial charge in [0.1, 0.15) is 17.0 Å². The minimum Gasteiger partial charge on any atom is -0.375 e. The number of nitrogens with two attached hydrogens (primary N) is 1. The number of aromatic amines is 1. The Morgan fingerprint density at radius 1 is 1.41 bits per heavy atom. The number of thiazole rings is 1. The summed E-state index contributed by atoms with van der Waals surface area (Å²) in [5, 5.41) is 7.17. The van der Waals surface area contributed by atoms with Gasteiger partial charge in [-0.2, -0.15) is 5.10 Å². The maximum atomic E-state index is 12.6. The van der Waals surface area contributed by atoms with Gasteiger partial charge in [0.2, 0.25) is 0 Å². The molecule has 3 N–H and O–H groups in total. The minimum atomic E-state index is 0.0466. The number of nitrogen functional groups attached to an aromatic ring is 1. The van der Waals surface area contributed by atoms with Crippen LogP contribution in [0.15, 0.2) is 6.33 Å². The zero-order chi connectivity index (χ0) is 15.5. The van der Waals surface area contributed by atoms with Crippen LogP contribution in [-0.4, -0.2) is 62.1 Å². The van der Waals surface area contributed by atoms with E-state index in [9.17, 15) is 4.79 Å². The number of carbonyl (C=O) groups excluding carboxylic acids is 1. The lowest BCUT2D eigenvalue weighted by Crippen LogP contribution is -2.48. The molecule has 1 saturated heterocycles.